The summed E-state index contributed by atoms with van der Waals surface area (Å²) in [5, 5.41) is 21.4. The van der Waals surface area contributed by atoms with E-state index in [1.807, 2.05) is 30.3 Å². The molecule has 0 bridgehead atoms. The molecule has 0 aliphatic carbocycles. The van der Waals surface area contributed by atoms with Gasteiger partial charge >= 0.3 is 7.12 Å². The molecule has 2 N–H and O–H groups in total. The zero-order chi connectivity index (χ0) is 19.8. The van der Waals surface area contributed by atoms with Gasteiger partial charge in [0.2, 0.25) is 0 Å². The summed E-state index contributed by atoms with van der Waals surface area (Å²) < 4.78 is 2.49. The highest BCUT2D eigenvalue weighted by Gasteiger charge is 2.18. The summed E-state index contributed by atoms with van der Waals surface area (Å²) in [7, 11) is -1.47. The average Bonchev–Trinajstić information content (AvgIpc) is 3.15. The van der Waals surface area contributed by atoms with Crippen molar-refractivity contribution in [2.45, 2.75) is 0 Å². The standard InChI is InChI=1S/C24H18BNO2S/c27-25(28)17-13-15-19(16-14-17)26(18-7-2-1-3-8-18)22-11-6-10-21-20-9-4-5-12-23(20)29-24(21)22/h1-16,27-28H. The first-order valence-electron chi connectivity index (χ1n) is 9.44. The number of hydrogen-bond donors (Lipinski definition) is 2. The second kappa shape index (κ2) is 7.37. The Morgan fingerprint density at radius 2 is 1.28 bits per heavy atom. The van der Waals surface area contributed by atoms with Crippen molar-refractivity contribution in [2.24, 2.45) is 0 Å². The van der Waals surface area contributed by atoms with Gasteiger partial charge in [0, 0.05) is 26.8 Å². The maximum Gasteiger partial charge on any atom is 0.488 e. The molecule has 140 valence electrons. The predicted octanol–water partition coefficient (Wildman–Crippen LogP) is 5.20. The van der Waals surface area contributed by atoms with Crippen LogP contribution in [0.25, 0.3) is 20.2 Å². The molecule has 0 aliphatic rings. The molecule has 3 nitrogen and oxygen atoms in total. The van der Waals surface area contributed by atoms with E-state index in [-0.39, 0.29) is 0 Å². The van der Waals surface area contributed by atoms with E-state index >= 15 is 0 Å². The fourth-order valence-corrected chi connectivity index (χ4v) is 4.91. The van der Waals surface area contributed by atoms with Gasteiger partial charge in [0.15, 0.2) is 0 Å². The third-order valence-electron chi connectivity index (χ3n) is 5.09. The molecule has 0 atom stereocenters. The predicted molar refractivity (Wildman–Crippen MR) is 124 cm³/mol. The highest BCUT2D eigenvalue weighted by Crippen LogP contribution is 2.44. The number of benzene rings is 4. The Hall–Kier alpha value is -3.12. The summed E-state index contributed by atoms with van der Waals surface area (Å²) >= 11 is 1.79. The van der Waals surface area contributed by atoms with Crippen LogP contribution in [0.1, 0.15) is 0 Å². The summed E-state index contributed by atoms with van der Waals surface area (Å²) in [4.78, 5) is 2.21. The Kier molecular flexibility index (Phi) is 4.56. The number of nitrogens with zero attached hydrogens (tertiary/aromatic N) is 1. The van der Waals surface area contributed by atoms with Gasteiger partial charge < -0.3 is 14.9 Å². The van der Waals surface area contributed by atoms with Crippen molar-refractivity contribution in [3.05, 3.63) is 97.1 Å². The van der Waals surface area contributed by atoms with Gasteiger partial charge in [0.05, 0.1) is 10.4 Å². The van der Waals surface area contributed by atoms with Gasteiger partial charge in [0.25, 0.3) is 0 Å². The van der Waals surface area contributed by atoms with Crippen LogP contribution in [0.2, 0.25) is 0 Å². The quantitative estimate of drug-likeness (QED) is 0.411. The number of anilines is 3. The van der Waals surface area contributed by atoms with E-state index in [1.54, 1.807) is 23.5 Å². The van der Waals surface area contributed by atoms with E-state index in [1.165, 1.54) is 20.2 Å². The lowest BCUT2D eigenvalue weighted by molar-refractivity contribution is 0.426. The molecule has 4 aromatic carbocycles. The molecule has 0 radical (unpaired) electrons. The fraction of sp³-hybridized carbons (Fsp3) is 0. The summed E-state index contributed by atoms with van der Waals surface area (Å²) in [5.41, 5.74) is 3.59. The van der Waals surface area contributed by atoms with Gasteiger partial charge in [-0.1, -0.05) is 60.7 Å². The Balaban J connectivity index is 1.75. The molecule has 5 rings (SSSR count). The molecular weight excluding hydrogens is 377 g/mol. The molecule has 1 aromatic heterocycles. The van der Waals surface area contributed by atoms with Crippen LogP contribution < -0.4 is 10.4 Å². The Bertz CT molecular complexity index is 1280. The minimum Gasteiger partial charge on any atom is -0.423 e. The van der Waals surface area contributed by atoms with Crippen LogP contribution in [-0.4, -0.2) is 17.2 Å². The van der Waals surface area contributed by atoms with E-state index in [0.717, 1.165) is 17.1 Å². The topological polar surface area (TPSA) is 43.7 Å². The first kappa shape index (κ1) is 17.9. The van der Waals surface area contributed by atoms with Crippen LogP contribution in [0.5, 0.6) is 0 Å². The molecule has 29 heavy (non-hydrogen) atoms. The maximum absolute atomic E-state index is 9.45. The fourth-order valence-electron chi connectivity index (χ4n) is 3.71. The van der Waals surface area contributed by atoms with Crippen molar-refractivity contribution >= 4 is 61.2 Å². The van der Waals surface area contributed by atoms with Gasteiger partial charge in [-0.3, -0.25) is 0 Å². The first-order chi connectivity index (χ1) is 14.2. The van der Waals surface area contributed by atoms with Gasteiger partial charge in [-0.05, 0) is 41.9 Å². The number of fused-ring (bicyclic) bond motifs is 3. The molecule has 0 aliphatic heterocycles. The zero-order valence-corrected chi connectivity index (χ0v) is 16.4. The molecule has 1 heterocycles. The highest BCUT2D eigenvalue weighted by atomic mass is 32.1. The lowest BCUT2D eigenvalue weighted by atomic mass is 9.80. The smallest absolute Gasteiger partial charge is 0.423 e. The molecule has 5 aromatic rings. The number of thiophene rings is 1. The van der Waals surface area contributed by atoms with Gasteiger partial charge in [-0.2, -0.15) is 0 Å². The zero-order valence-electron chi connectivity index (χ0n) is 15.6. The first-order valence-corrected chi connectivity index (χ1v) is 10.3. The average molecular weight is 395 g/mol. The van der Waals surface area contributed by atoms with Crippen molar-refractivity contribution in [3.63, 3.8) is 0 Å². The SMILES string of the molecule is OB(O)c1ccc(N(c2ccccc2)c2cccc3c2sc2ccccc23)cc1. The third kappa shape index (κ3) is 3.19. The number of hydrogen-bond acceptors (Lipinski definition) is 4. The Morgan fingerprint density at radius 3 is 2.03 bits per heavy atom. The summed E-state index contributed by atoms with van der Waals surface area (Å²) in [6.45, 7) is 0. The number of rotatable bonds is 4. The minimum absolute atomic E-state index is 0.474. The molecule has 0 amide bonds. The molecule has 0 unspecified atom stereocenters. The molecule has 0 saturated heterocycles. The maximum atomic E-state index is 9.45. The van der Waals surface area contributed by atoms with E-state index < -0.39 is 7.12 Å². The monoisotopic (exact) mass is 395 g/mol. The van der Waals surface area contributed by atoms with Crippen LogP contribution in [0.15, 0.2) is 97.1 Å². The van der Waals surface area contributed by atoms with Crippen molar-refractivity contribution < 1.29 is 10.0 Å². The van der Waals surface area contributed by atoms with Crippen LogP contribution >= 0.6 is 11.3 Å². The van der Waals surface area contributed by atoms with Crippen molar-refractivity contribution in [1.82, 2.24) is 0 Å². The summed E-state index contributed by atoms with van der Waals surface area (Å²) in [6.07, 6.45) is 0. The minimum atomic E-state index is -1.47. The largest absolute Gasteiger partial charge is 0.488 e. The van der Waals surface area contributed by atoms with E-state index in [2.05, 4.69) is 59.5 Å². The van der Waals surface area contributed by atoms with Gasteiger partial charge in [0.1, 0.15) is 0 Å². The van der Waals surface area contributed by atoms with Crippen LogP contribution in [0, 0.1) is 0 Å². The number of para-hydroxylation sites is 1. The van der Waals surface area contributed by atoms with Gasteiger partial charge in [-0.25, -0.2) is 0 Å². The van der Waals surface area contributed by atoms with Gasteiger partial charge in [-0.15, -0.1) is 11.3 Å². The van der Waals surface area contributed by atoms with Crippen LogP contribution in [0.4, 0.5) is 17.1 Å². The molecule has 0 spiro atoms. The molecule has 0 fully saturated rings. The Labute approximate surface area is 173 Å². The molecule has 0 saturated carbocycles. The molecular formula is C24H18BNO2S. The van der Waals surface area contributed by atoms with Crippen molar-refractivity contribution in [2.75, 3.05) is 4.90 Å². The summed E-state index contributed by atoms with van der Waals surface area (Å²) in [5.74, 6) is 0. The van der Waals surface area contributed by atoms with Crippen LogP contribution in [0.3, 0.4) is 0 Å². The second-order valence-electron chi connectivity index (χ2n) is 6.89. The second-order valence-corrected chi connectivity index (χ2v) is 7.94. The lowest BCUT2D eigenvalue weighted by Gasteiger charge is -2.26. The van der Waals surface area contributed by atoms with Crippen molar-refractivity contribution in [3.8, 4) is 0 Å². The van der Waals surface area contributed by atoms with E-state index in [0.29, 0.717) is 5.46 Å². The van der Waals surface area contributed by atoms with Crippen LogP contribution in [-0.2, 0) is 0 Å². The third-order valence-corrected chi connectivity index (χ3v) is 6.30. The highest BCUT2D eigenvalue weighted by molar-refractivity contribution is 7.26. The normalized spacial score (nSPS) is 11.1. The Morgan fingerprint density at radius 1 is 0.621 bits per heavy atom. The molecule has 5 heteroatoms. The van der Waals surface area contributed by atoms with Crippen molar-refractivity contribution in [1.29, 1.82) is 0 Å². The van der Waals surface area contributed by atoms with E-state index in [4.69, 9.17) is 0 Å². The lowest BCUT2D eigenvalue weighted by Crippen LogP contribution is -2.29. The van der Waals surface area contributed by atoms with E-state index in [9.17, 15) is 10.0 Å². The summed E-state index contributed by atoms with van der Waals surface area (Å²) in [6, 6.07) is 32.5.